The number of nitrogens with one attached hydrogen (secondary N) is 1. The van der Waals surface area contributed by atoms with Crippen LogP contribution in [0.5, 0.6) is 0 Å². The number of likely N-dealkylation sites (N-methyl/N-ethyl adjacent to an activating group) is 1. The smallest absolute Gasteiger partial charge is 0.338 e. The number of nitrogens with zero attached hydrogens (tertiary/aromatic N) is 3. The molecule has 2 aromatic rings. The lowest BCUT2D eigenvalue weighted by Crippen LogP contribution is -2.53. The molecule has 1 atom stereocenters. The third-order valence-electron chi connectivity index (χ3n) is 6.81. The maximum atomic E-state index is 13.2. The molecule has 37 heavy (non-hydrogen) atoms. The van der Waals surface area contributed by atoms with Crippen LogP contribution in [0.3, 0.4) is 0 Å². The number of benzene rings is 2. The Balaban J connectivity index is 1.59. The predicted octanol–water partition coefficient (Wildman–Crippen LogP) is 2.82. The number of sulfonamides is 1. The number of hydrogen-bond donors (Lipinski definition) is 1. The molecule has 10 heteroatoms. The molecule has 1 fully saturated rings. The van der Waals surface area contributed by atoms with Crippen LogP contribution in [0.2, 0.25) is 0 Å². The number of rotatable bonds is 7. The SMILES string of the molecule is CCOC(=O)C1=C(CN2CCN(S(=O)(=O)c3ccc(C)cc3)CC2)N(C)C(=O)N[C@H]1c1cccc(C)c1. The van der Waals surface area contributed by atoms with Crippen molar-refractivity contribution >= 4 is 22.0 Å². The molecule has 1 saturated heterocycles. The van der Waals surface area contributed by atoms with Crippen LogP contribution in [0, 0.1) is 13.8 Å². The lowest BCUT2D eigenvalue weighted by molar-refractivity contribution is -0.139. The van der Waals surface area contributed by atoms with E-state index in [2.05, 4.69) is 10.2 Å². The van der Waals surface area contributed by atoms with Gasteiger partial charge in [-0.15, -0.1) is 0 Å². The van der Waals surface area contributed by atoms with Gasteiger partial charge in [0.2, 0.25) is 10.0 Å². The molecule has 0 bridgehead atoms. The van der Waals surface area contributed by atoms with E-state index in [1.165, 1.54) is 9.21 Å². The van der Waals surface area contributed by atoms with Gasteiger partial charge in [-0.05, 0) is 38.5 Å². The van der Waals surface area contributed by atoms with Gasteiger partial charge in [-0.1, -0.05) is 47.5 Å². The van der Waals surface area contributed by atoms with Crippen molar-refractivity contribution in [2.24, 2.45) is 0 Å². The molecular formula is C27H34N4O5S. The fraction of sp³-hybridized carbons (Fsp3) is 0.407. The summed E-state index contributed by atoms with van der Waals surface area (Å²) in [7, 11) is -1.96. The van der Waals surface area contributed by atoms with Crippen molar-refractivity contribution in [3.63, 3.8) is 0 Å². The van der Waals surface area contributed by atoms with Crippen LogP contribution < -0.4 is 5.32 Å². The molecule has 198 valence electrons. The number of amides is 2. The summed E-state index contributed by atoms with van der Waals surface area (Å²) in [5.41, 5.74) is 3.77. The van der Waals surface area contributed by atoms with Crippen LogP contribution in [0.1, 0.15) is 29.7 Å². The summed E-state index contributed by atoms with van der Waals surface area (Å²) in [5, 5.41) is 2.94. The molecule has 2 amide bonds. The van der Waals surface area contributed by atoms with E-state index in [9.17, 15) is 18.0 Å². The average molecular weight is 527 g/mol. The Kier molecular flexibility index (Phi) is 8.01. The standard InChI is InChI=1S/C27H34N4O5S/c1-5-36-26(32)24-23(29(4)27(33)28-25(24)21-8-6-7-20(3)17-21)18-30-13-15-31(16-14-30)37(34,35)22-11-9-19(2)10-12-22/h6-12,17,25H,5,13-16,18H2,1-4H3,(H,28,33)/t25-/m0/s1. The summed E-state index contributed by atoms with van der Waals surface area (Å²) in [4.78, 5) is 29.9. The number of carbonyl (C=O) groups excluding carboxylic acids is 2. The van der Waals surface area contributed by atoms with Gasteiger partial charge in [0, 0.05) is 45.5 Å². The Morgan fingerprint density at radius 3 is 2.32 bits per heavy atom. The van der Waals surface area contributed by atoms with Crippen molar-refractivity contribution in [1.29, 1.82) is 0 Å². The molecule has 2 aliphatic heterocycles. The lowest BCUT2D eigenvalue weighted by atomic mass is 9.93. The topological polar surface area (TPSA) is 99.3 Å². The summed E-state index contributed by atoms with van der Waals surface area (Å²) in [6, 6.07) is 13.6. The summed E-state index contributed by atoms with van der Waals surface area (Å²) < 4.78 is 33.1. The van der Waals surface area contributed by atoms with Crippen LogP contribution in [0.4, 0.5) is 4.79 Å². The van der Waals surface area contributed by atoms with Gasteiger partial charge in [0.25, 0.3) is 0 Å². The largest absolute Gasteiger partial charge is 0.463 e. The normalized spacial score (nSPS) is 19.6. The molecule has 0 aliphatic carbocycles. The molecule has 0 saturated carbocycles. The molecule has 4 rings (SSSR count). The number of hydrogen-bond acceptors (Lipinski definition) is 6. The minimum absolute atomic E-state index is 0.212. The van der Waals surface area contributed by atoms with Crippen LogP contribution in [0.15, 0.2) is 64.7 Å². The molecule has 0 aromatic heterocycles. The summed E-state index contributed by atoms with van der Waals surface area (Å²) in [6.07, 6.45) is 0. The Morgan fingerprint density at radius 2 is 1.70 bits per heavy atom. The molecule has 2 aromatic carbocycles. The Hall–Kier alpha value is -3.21. The number of carbonyl (C=O) groups is 2. The predicted molar refractivity (Wildman–Crippen MR) is 140 cm³/mol. The summed E-state index contributed by atoms with van der Waals surface area (Å²) >= 11 is 0. The van der Waals surface area contributed by atoms with Crippen molar-refractivity contribution in [2.75, 3.05) is 46.4 Å². The molecule has 0 spiro atoms. The molecule has 2 heterocycles. The van der Waals surface area contributed by atoms with Crippen molar-refractivity contribution in [3.05, 3.63) is 76.5 Å². The van der Waals surface area contributed by atoms with E-state index in [1.54, 1.807) is 38.2 Å². The Morgan fingerprint density at radius 1 is 1.03 bits per heavy atom. The third-order valence-corrected chi connectivity index (χ3v) is 8.72. The first-order chi connectivity index (χ1) is 17.6. The fourth-order valence-corrected chi connectivity index (χ4v) is 6.12. The maximum absolute atomic E-state index is 13.2. The zero-order valence-electron chi connectivity index (χ0n) is 21.7. The first-order valence-electron chi connectivity index (χ1n) is 12.4. The maximum Gasteiger partial charge on any atom is 0.338 e. The number of piperazine rings is 1. The fourth-order valence-electron chi connectivity index (χ4n) is 4.70. The van der Waals surface area contributed by atoms with Crippen LogP contribution >= 0.6 is 0 Å². The Bertz CT molecular complexity index is 1300. The summed E-state index contributed by atoms with van der Waals surface area (Å²) in [5.74, 6) is -0.476. The number of esters is 1. The lowest BCUT2D eigenvalue weighted by Gasteiger charge is -2.39. The van der Waals surface area contributed by atoms with Crippen molar-refractivity contribution in [3.8, 4) is 0 Å². The minimum Gasteiger partial charge on any atom is -0.463 e. The highest BCUT2D eigenvalue weighted by atomic mass is 32.2. The minimum atomic E-state index is -3.59. The number of aryl methyl sites for hydroxylation is 2. The molecule has 0 unspecified atom stereocenters. The second-order valence-electron chi connectivity index (χ2n) is 9.43. The first kappa shape index (κ1) is 26.8. The van der Waals surface area contributed by atoms with Crippen LogP contribution in [0.25, 0.3) is 0 Å². The second kappa shape index (κ2) is 11.0. The van der Waals surface area contributed by atoms with Gasteiger partial charge >= 0.3 is 12.0 Å². The highest BCUT2D eigenvalue weighted by molar-refractivity contribution is 7.89. The van der Waals surface area contributed by atoms with Gasteiger partial charge in [-0.2, -0.15) is 4.31 Å². The van der Waals surface area contributed by atoms with E-state index < -0.39 is 22.0 Å². The van der Waals surface area contributed by atoms with E-state index in [0.29, 0.717) is 44.0 Å². The first-order valence-corrected chi connectivity index (χ1v) is 13.9. The van der Waals surface area contributed by atoms with E-state index in [-0.39, 0.29) is 17.5 Å². The van der Waals surface area contributed by atoms with Crippen molar-refractivity contribution < 1.29 is 22.7 Å². The van der Waals surface area contributed by atoms with Gasteiger partial charge in [0.1, 0.15) is 0 Å². The van der Waals surface area contributed by atoms with Crippen molar-refractivity contribution in [2.45, 2.75) is 31.7 Å². The van der Waals surface area contributed by atoms with E-state index in [4.69, 9.17) is 4.74 Å². The molecular weight excluding hydrogens is 492 g/mol. The third kappa shape index (κ3) is 5.71. The van der Waals surface area contributed by atoms with Crippen LogP contribution in [-0.4, -0.2) is 80.9 Å². The highest BCUT2D eigenvalue weighted by Crippen LogP contribution is 2.32. The molecule has 1 N–H and O–H groups in total. The number of urea groups is 1. The zero-order chi connectivity index (χ0) is 26.7. The van der Waals surface area contributed by atoms with Gasteiger partial charge in [0.15, 0.2) is 0 Å². The average Bonchev–Trinajstić information content (AvgIpc) is 2.87. The second-order valence-corrected chi connectivity index (χ2v) is 11.4. The monoisotopic (exact) mass is 526 g/mol. The van der Waals surface area contributed by atoms with Gasteiger partial charge < -0.3 is 10.1 Å². The van der Waals surface area contributed by atoms with Crippen LogP contribution in [-0.2, 0) is 19.6 Å². The summed E-state index contributed by atoms with van der Waals surface area (Å²) in [6.45, 7) is 7.72. The molecule has 2 aliphatic rings. The van der Waals surface area contributed by atoms with E-state index >= 15 is 0 Å². The van der Waals surface area contributed by atoms with Crippen molar-refractivity contribution in [1.82, 2.24) is 19.4 Å². The zero-order valence-corrected chi connectivity index (χ0v) is 22.5. The molecule has 9 nitrogen and oxygen atoms in total. The van der Waals surface area contributed by atoms with Gasteiger partial charge in [-0.25, -0.2) is 18.0 Å². The molecule has 0 radical (unpaired) electrons. The van der Waals surface area contributed by atoms with E-state index in [0.717, 1.165) is 16.7 Å². The Labute approximate surface area is 218 Å². The quantitative estimate of drug-likeness (QED) is 0.557. The van der Waals surface area contributed by atoms with E-state index in [1.807, 2.05) is 38.1 Å². The van der Waals surface area contributed by atoms with Gasteiger partial charge in [0.05, 0.1) is 23.1 Å². The highest BCUT2D eigenvalue weighted by Gasteiger charge is 2.38. The number of ether oxygens (including phenoxy) is 1. The van der Waals surface area contributed by atoms with Gasteiger partial charge in [-0.3, -0.25) is 9.80 Å².